The number of nitriles is 1. The summed E-state index contributed by atoms with van der Waals surface area (Å²) in [6.45, 7) is 4.59. The lowest BCUT2D eigenvalue weighted by molar-refractivity contribution is 0.591. The molecule has 0 fully saturated rings. The number of nitrogens with zero attached hydrogens (tertiary/aromatic N) is 4. The number of hydrogen-bond acceptors (Lipinski definition) is 4. The van der Waals surface area contributed by atoms with Crippen molar-refractivity contribution in [1.82, 2.24) is 9.97 Å². The predicted octanol–water partition coefficient (Wildman–Crippen LogP) is 2.26. The van der Waals surface area contributed by atoms with Gasteiger partial charge in [0, 0.05) is 13.1 Å². The first kappa shape index (κ1) is 12.7. The molecular weight excluding hydrogens is 231 g/mol. The van der Waals surface area contributed by atoms with Crippen LogP contribution in [0.4, 0.5) is 10.2 Å². The van der Waals surface area contributed by atoms with Crippen molar-refractivity contribution >= 4 is 17.4 Å². The van der Waals surface area contributed by atoms with E-state index in [0.717, 1.165) is 6.20 Å². The van der Waals surface area contributed by atoms with E-state index in [0.29, 0.717) is 13.1 Å². The molecule has 1 aromatic heterocycles. The van der Waals surface area contributed by atoms with E-state index in [1.807, 2.05) is 6.92 Å². The summed E-state index contributed by atoms with van der Waals surface area (Å²) in [4.78, 5) is 9.03. The third-order valence-corrected chi connectivity index (χ3v) is 2.27. The topological polar surface area (TPSA) is 52.8 Å². The first-order valence-corrected chi connectivity index (χ1v) is 5.28. The van der Waals surface area contributed by atoms with Crippen LogP contribution in [-0.2, 0) is 0 Å². The van der Waals surface area contributed by atoms with Crippen LogP contribution in [0.25, 0.3) is 0 Å². The molecule has 6 heteroatoms. The maximum atomic E-state index is 13.5. The van der Waals surface area contributed by atoms with Gasteiger partial charge in [-0.3, -0.25) is 0 Å². The SMILES string of the molecule is CCN(CC(C)C#N)c1nc(Cl)ncc1F. The smallest absolute Gasteiger partial charge is 0.224 e. The van der Waals surface area contributed by atoms with E-state index >= 15 is 0 Å². The zero-order valence-corrected chi connectivity index (χ0v) is 9.87. The average Bonchev–Trinajstić information content (AvgIpc) is 2.29. The second kappa shape index (κ2) is 5.61. The molecule has 1 rings (SSSR count). The van der Waals surface area contributed by atoms with Gasteiger partial charge in [0.2, 0.25) is 5.28 Å². The molecule has 0 saturated heterocycles. The minimum Gasteiger partial charge on any atom is -0.353 e. The van der Waals surface area contributed by atoms with Crippen molar-refractivity contribution in [3.63, 3.8) is 0 Å². The van der Waals surface area contributed by atoms with Crippen molar-refractivity contribution in [3.05, 3.63) is 17.3 Å². The molecule has 0 bridgehead atoms. The molecule has 1 heterocycles. The fourth-order valence-corrected chi connectivity index (χ4v) is 1.42. The largest absolute Gasteiger partial charge is 0.353 e. The van der Waals surface area contributed by atoms with Crippen LogP contribution in [0.1, 0.15) is 13.8 Å². The Labute approximate surface area is 98.7 Å². The maximum absolute atomic E-state index is 13.5. The van der Waals surface area contributed by atoms with E-state index in [1.165, 1.54) is 0 Å². The molecule has 0 aliphatic carbocycles. The Kier molecular flexibility index (Phi) is 4.44. The third-order valence-electron chi connectivity index (χ3n) is 2.09. The summed E-state index contributed by atoms with van der Waals surface area (Å²) < 4.78 is 13.5. The summed E-state index contributed by atoms with van der Waals surface area (Å²) in [5, 5.41) is 8.72. The van der Waals surface area contributed by atoms with Crippen LogP contribution >= 0.6 is 11.6 Å². The van der Waals surface area contributed by atoms with E-state index in [4.69, 9.17) is 16.9 Å². The quantitative estimate of drug-likeness (QED) is 0.760. The number of anilines is 1. The number of halogens is 2. The van der Waals surface area contributed by atoms with Crippen LogP contribution in [0.15, 0.2) is 6.20 Å². The van der Waals surface area contributed by atoms with Gasteiger partial charge < -0.3 is 4.90 Å². The van der Waals surface area contributed by atoms with E-state index in [1.54, 1.807) is 11.8 Å². The van der Waals surface area contributed by atoms with Gasteiger partial charge in [-0.15, -0.1) is 0 Å². The van der Waals surface area contributed by atoms with E-state index in [-0.39, 0.29) is 17.0 Å². The van der Waals surface area contributed by atoms with Gasteiger partial charge in [0.1, 0.15) is 0 Å². The second-order valence-electron chi connectivity index (χ2n) is 3.38. The summed E-state index contributed by atoms with van der Waals surface area (Å²) in [5.74, 6) is -0.589. The second-order valence-corrected chi connectivity index (χ2v) is 3.72. The summed E-state index contributed by atoms with van der Waals surface area (Å²) in [7, 11) is 0. The Bertz CT molecular complexity index is 404. The van der Waals surface area contributed by atoms with E-state index in [2.05, 4.69) is 16.0 Å². The fourth-order valence-electron chi connectivity index (χ4n) is 1.30. The highest BCUT2D eigenvalue weighted by Gasteiger charge is 2.15. The molecule has 86 valence electrons. The Hall–Kier alpha value is -1.41. The molecule has 0 amide bonds. The molecule has 0 aromatic carbocycles. The molecule has 0 aliphatic heterocycles. The summed E-state index contributed by atoms with van der Waals surface area (Å²) in [6, 6.07) is 2.09. The van der Waals surface area contributed by atoms with Gasteiger partial charge in [-0.2, -0.15) is 10.2 Å². The van der Waals surface area contributed by atoms with E-state index < -0.39 is 5.82 Å². The van der Waals surface area contributed by atoms with Crippen LogP contribution in [0.3, 0.4) is 0 Å². The third kappa shape index (κ3) is 3.04. The van der Waals surface area contributed by atoms with Crippen LogP contribution in [0.2, 0.25) is 5.28 Å². The molecule has 0 N–H and O–H groups in total. The molecule has 16 heavy (non-hydrogen) atoms. The molecule has 0 saturated carbocycles. The number of aromatic nitrogens is 2. The first-order chi connectivity index (χ1) is 7.58. The van der Waals surface area contributed by atoms with Gasteiger partial charge in [0.15, 0.2) is 11.6 Å². The predicted molar refractivity (Wildman–Crippen MR) is 59.7 cm³/mol. The van der Waals surface area contributed by atoms with Crippen molar-refractivity contribution < 1.29 is 4.39 Å². The Morgan fingerprint density at radius 2 is 2.38 bits per heavy atom. The molecule has 0 aliphatic rings. The average molecular weight is 243 g/mol. The molecular formula is C10H12ClFN4. The lowest BCUT2D eigenvalue weighted by Crippen LogP contribution is -2.29. The Balaban J connectivity index is 2.95. The van der Waals surface area contributed by atoms with Crippen LogP contribution < -0.4 is 4.90 Å². The van der Waals surface area contributed by atoms with Gasteiger partial charge in [-0.25, -0.2) is 9.37 Å². The van der Waals surface area contributed by atoms with E-state index in [9.17, 15) is 4.39 Å². The lowest BCUT2D eigenvalue weighted by atomic mass is 10.2. The summed E-state index contributed by atoms with van der Waals surface area (Å²) in [5.41, 5.74) is 0. The summed E-state index contributed by atoms with van der Waals surface area (Å²) in [6.07, 6.45) is 1.03. The normalized spacial score (nSPS) is 11.9. The first-order valence-electron chi connectivity index (χ1n) is 4.91. The zero-order chi connectivity index (χ0) is 12.1. The minimum atomic E-state index is -0.531. The van der Waals surface area contributed by atoms with Gasteiger partial charge in [0.25, 0.3) is 0 Å². The van der Waals surface area contributed by atoms with Crippen molar-refractivity contribution in [2.24, 2.45) is 5.92 Å². The van der Waals surface area contributed by atoms with Crippen LogP contribution in [0, 0.1) is 23.1 Å². The van der Waals surface area contributed by atoms with Crippen molar-refractivity contribution in [1.29, 1.82) is 5.26 Å². The Morgan fingerprint density at radius 3 is 2.94 bits per heavy atom. The van der Waals surface area contributed by atoms with Gasteiger partial charge in [-0.1, -0.05) is 0 Å². The standard InChI is InChI=1S/C10H12ClFN4/c1-3-16(6-7(2)4-13)9-8(12)5-14-10(11)15-9/h5,7H,3,6H2,1-2H3. The molecule has 1 unspecified atom stereocenters. The van der Waals surface area contributed by atoms with Gasteiger partial charge in [0.05, 0.1) is 18.2 Å². The highest BCUT2D eigenvalue weighted by Crippen LogP contribution is 2.18. The molecule has 0 radical (unpaired) electrons. The van der Waals surface area contributed by atoms with Crippen molar-refractivity contribution in [2.45, 2.75) is 13.8 Å². The maximum Gasteiger partial charge on any atom is 0.224 e. The fraction of sp³-hybridized carbons (Fsp3) is 0.500. The molecule has 1 atom stereocenters. The Morgan fingerprint density at radius 1 is 1.69 bits per heavy atom. The molecule has 4 nitrogen and oxygen atoms in total. The minimum absolute atomic E-state index is 0.000499. The summed E-state index contributed by atoms with van der Waals surface area (Å²) >= 11 is 5.61. The van der Waals surface area contributed by atoms with Crippen LogP contribution in [-0.4, -0.2) is 23.1 Å². The molecule has 1 aromatic rings. The number of hydrogen-bond donors (Lipinski definition) is 0. The van der Waals surface area contributed by atoms with Gasteiger partial charge in [-0.05, 0) is 25.4 Å². The van der Waals surface area contributed by atoms with Crippen molar-refractivity contribution in [2.75, 3.05) is 18.0 Å². The van der Waals surface area contributed by atoms with Crippen LogP contribution in [0.5, 0.6) is 0 Å². The monoisotopic (exact) mass is 242 g/mol. The van der Waals surface area contributed by atoms with Gasteiger partial charge >= 0.3 is 0 Å². The van der Waals surface area contributed by atoms with Crippen molar-refractivity contribution in [3.8, 4) is 6.07 Å². The molecule has 0 spiro atoms. The highest BCUT2D eigenvalue weighted by molar-refractivity contribution is 6.28. The highest BCUT2D eigenvalue weighted by atomic mass is 35.5. The zero-order valence-electron chi connectivity index (χ0n) is 9.11. The number of rotatable bonds is 4. The lowest BCUT2D eigenvalue weighted by Gasteiger charge is -2.23.